The lowest BCUT2D eigenvalue weighted by Gasteiger charge is -2.15. The molecule has 0 atom stereocenters. The molecule has 0 amide bonds. The molecular formula is C14H7Cl4N. The molecule has 3 aromatic rings. The molecule has 0 unspecified atom stereocenters. The highest BCUT2D eigenvalue weighted by Gasteiger charge is 2.28. The fourth-order valence-electron chi connectivity index (χ4n) is 2.14. The van der Waals surface area contributed by atoms with Gasteiger partial charge in [0.15, 0.2) is 0 Å². The van der Waals surface area contributed by atoms with Gasteiger partial charge in [0.05, 0.1) is 5.52 Å². The van der Waals surface area contributed by atoms with Crippen molar-refractivity contribution in [3.63, 3.8) is 0 Å². The Labute approximate surface area is 130 Å². The number of nitrogens with zero attached hydrogens (tertiary/aromatic N) is 1. The second-order valence-corrected chi connectivity index (χ2v) is 6.88. The average Bonchev–Trinajstić information content (AvgIpc) is 2.36. The summed E-state index contributed by atoms with van der Waals surface area (Å²) in [5, 5.41) is 3.31. The SMILES string of the molecule is Clc1ccc2c(c1)c(C(Cl)(Cl)Cl)nc1ccccc12. The lowest BCUT2D eigenvalue weighted by atomic mass is 10.0. The minimum Gasteiger partial charge on any atom is -0.248 e. The molecule has 0 aliphatic heterocycles. The van der Waals surface area contributed by atoms with Crippen molar-refractivity contribution in [3.8, 4) is 0 Å². The quantitative estimate of drug-likeness (QED) is 0.371. The van der Waals surface area contributed by atoms with Crippen LogP contribution in [0.4, 0.5) is 0 Å². The summed E-state index contributed by atoms with van der Waals surface area (Å²) in [6, 6.07) is 13.2. The molecule has 5 heteroatoms. The maximum atomic E-state index is 6.03. The molecule has 0 spiro atoms. The third kappa shape index (κ3) is 2.36. The largest absolute Gasteiger partial charge is 0.248 e. The Balaban J connectivity index is 2.55. The maximum absolute atomic E-state index is 6.03. The van der Waals surface area contributed by atoms with Crippen LogP contribution in [0.25, 0.3) is 21.7 Å². The first kappa shape index (κ1) is 13.3. The van der Waals surface area contributed by atoms with Gasteiger partial charge in [-0.15, -0.1) is 0 Å². The van der Waals surface area contributed by atoms with Crippen LogP contribution in [0.1, 0.15) is 5.69 Å². The fraction of sp³-hybridized carbons (Fsp3) is 0.0714. The zero-order chi connectivity index (χ0) is 13.6. The molecule has 2 aromatic carbocycles. The number of halogens is 4. The number of alkyl halides is 3. The van der Waals surface area contributed by atoms with Gasteiger partial charge in [-0.2, -0.15) is 0 Å². The van der Waals surface area contributed by atoms with E-state index in [9.17, 15) is 0 Å². The zero-order valence-corrected chi connectivity index (χ0v) is 12.5. The highest BCUT2D eigenvalue weighted by Crippen LogP contribution is 2.42. The van der Waals surface area contributed by atoms with Crippen LogP contribution in [-0.2, 0) is 3.79 Å². The van der Waals surface area contributed by atoms with Crippen molar-refractivity contribution in [3.05, 3.63) is 53.2 Å². The van der Waals surface area contributed by atoms with Gasteiger partial charge in [-0.25, -0.2) is 4.98 Å². The van der Waals surface area contributed by atoms with Crippen LogP contribution in [0.5, 0.6) is 0 Å². The van der Waals surface area contributed by atoms with Crippen molar-refractivity contribution in [2.45, 2.75) is 3.79 Å². The molecule has 0 aliphatic carbocycles. The van der Waals surface area contributed by atoms with Crippen LogP contribution >= 0.6 is 46.4 Å². The van der Waals surface area contributed by atoms with E-state index in [1.54, 1.807) is 6.07 Å². The van der Waals surface area contributed by atoms with Crippen molar-refractivity contribution in [2.75, 3.05) is 0 Å². The Morgan fingerprint density at radius 1 is 0.842 bits per heavy atom. The van der Waals surface area contributed by atoms with E-state index in [0.29, 0.717) is 10.7 Å². The Morgan fingerprint density at radius 3 is 2.32 bits per heavy atom. The Hall–Kier alpha value is -0.730. The first-order valence-electron chi connectivity index (χ1n) is 5.52. The van der Waals surface area contributed by atoms with Crippen LogP contribution < -0.4 is 0 Å². The summed E-state index contributed by atoms with van der Waals surface area (Å²) in [6.45, 7) is 0. The maximum Gasteiger partial charge on any atom is 0.233 e. The summed E-state index contributed by atoms with van der Waals surface area (Å²) in [6.07, 6.45) is 0. The van der Waals surface area contributed by atoms with E-state index in [0.717, 1.165) is 21.7 Å². The molecule has 1 aromatic heterocycles. The first-order chi connectivity index (χ1) is 8.97. The molecule has 0 saturated carbocycles. The molecule has 0 radical (unpaired) electrons. The van der Waals surface area contributed by atoms with Crippen LogP contribution in [-0.4, -0.2) is 4.98 Å². The van der Waals surface area contributed by atoms with Crippen molar-refractivity contribution >= 4 is 68.1 Å². The Morgan fingerprint density at radius 2 is 1.58 bits per heavy atom. The Bertz CT molecular complexity index is 777. The third-order valence-electron chi connectivity index (χ3n) is 2.93. The highest BCUT2D eigenvalue weighted by atomic mass is 35.6. The molecule has 0 N–H and O–H groups in total. The minimum absolute atomic E-state index is 0.397. The number of para-hydroxylation sites is 1. The van der Waals surface area contributed by atoms with Crippen LogP contribution in [0.15, 0.2) is 42.5 Å². The van der Waals surface area contributed by atoms with Gasteiger partial charge in [0.2, 0.25) is 3.79 Å². The van der Waals surface area contributed by atoms with Crippen LogP contribution in [0.3, 0.4) is 0 Å². The number of pyridine rings is 1. The smallest absolute Gasteiger partial charge is 0.233 e. The molecule has 0 bridgehead atoms. The summed E-state index contributed by atoms with van der Waals surface area (Å²) in [4.78, 5) is 4.46. The third-order valence-corrected chi connectivity index (χ3v) is 3.70. The van der Waals surface area contributed by atoms with Crippen LogP contribution in [0.2, 0.25) is 5.02 Å². The van der Waals surface area contributed by atoms with E-state index in [2.05, 4.69) is 4.98 Å². The summed E-state index contributed by atoms with van der Waals surface area (Å²) >= 11 is 24.1. The molecule has 3 rings (SSSR count). The number of benzene rings is 2. The normalized spacial score (nSPS) is 12.2. The van der Waals surface area contributed by atoms with E-state index in [4.69, 9.17) is 46.4 Å². The number of hydrogen-bond donors (Lipinski definition) is 0. The second kappa shape index (κ2) is 4.68. The molecular weight excluding hydrogens is 324 g/mol. The lowest BCUT2D eigenvalue weighted by Crippen LogP contribution is -2.05. The Kier molecular flexibility index (Phi) is 3.26. The van der Waals surface area contributed by atoms with Gasteiger partial charge in [-0.1, -0.05) is 70.7 Å². The summed E-state index contributed by atoms with van der Waals surface area (Å²) in [7, 11) is 0. The fourth-order valence-corrected chi connectivity index (χ4v) is 2.75. The monoisotopic (exact) mass is 329 g/mol. The predicted octanol–water partition coefficient (Wildman–Crippen LogP) is 5.87. The molecule has 0 aliphatic rings. The molecule has 1 nitrogen and oxygen atoms in total. The van der Waals surface area contributed by atoms with Crippen molar-refractivity contribution in [2.24, 2.45) is 0 Å². The van der Waals surface area contributed by atoms with Crippen molar-refractivity contribution in [1.82, 2.24) is 4.98 Å². The molecule has 0 fully saturated rings. The second-order valence-electron chi connectivity index (χ2n) is 4.17. The van der Waals surface area contributed by atoms with Gasteiger partial charge < -0.3 is 0 Å². The summed E-state index contributed by atoms with van der Waals surface area (Å²) in [5.74, 6) is 0. The molecule has 0 saturated heterocycles. The van der Waals surface area contributed by atoms with Gasteiger partial charge in [-0.3, -0.25) is 0 Å². The highest BCUT2D eigenvalue weighted by molar-refractivity contribution is 6.67. The van der Waals surface area contributed by atoms with Crippen molar-refractivity contribution in [1.29, 1.82) is 0 Å². The standard InChI is InChI=1S/C14H7Cl4N/c15-8-5-6-9-10-3-1-2-4-12(10)19-13(11(9)7-8)14(16,17)18/h1-7H. The van der Waals surface area contributed by atoms with Gasteiger partial charge >= 0.3 is 0 Å². The summed E-state index contributed by atoms with van der Waals surface area (Å²) < 4.78 is -1.59. The number of rotatable bonds is 0. The zero-order valence-electron chi connectivity index (χ0n) is 9.50. The lowest BCUT2D eigenvalue weighted by molar-refractivity contribution is 1.14. The number of aromatic nitrogens is 1. The van der Waals surface area contributed by atoms with E-state index >= 15 is 0 Å². The van der Waals surface area contributed by atoms with Gasteiger partial charge in [0.1, 0.15) is 5.69 Å². The summed E-state index contributed by atoms with van der Waals surface area (Å²) in [5.41, 5.74) is 1.19. The predicted molar refractivity (Wildman–Crippen MR) is 83.5 cm³/mol. The number of hydrogen-bond acceptors (Lipinski definition) is 1. The number of fused-ring (bicyclic) bond motifs is 3. The molecule has 1 heterocycles. The average molecular weight is 331 g/mol. The van der Waals surface area contributed by atoms with Crippen LogP contribution in [0, 0.1) is 0 Å². The van der Waals surface area contributed by atoms with E-state index < -0.39 is 3.79 Å². The van der Waals surface area contributed by atoms with Gasteiger partial charge in [0, 0.05) is 15.8 Å². The van der Waals surface area contributed by atoms with E-state index in [1.807, 2.05) is 36.4 Å². The van der Waals surface area contributed by atoms with Gasteiger partial charge in [0.25, 0.3) is 0 Å². The molecule has 96 valence electrons. The van der Waals surface area contributed by atoms with E-state index in [-0.39, 0.29) is 0 Å². The van der Waals surface area contributed by atoms with Crippen molar-refractivity contribution < 1.29 is 0 Å². The first-order valence-corrected chi connectivity index (χ1v) is 7.03. The topological polar surface area (TPSA) is 12.9 Å². The molecule has 19 heavy (non-hydrogen) atoms. The minimum atomic E-state index is -1.59. The van der Waals surface area contributed by atoms with Gasteiger partial charge in [-0.05, 0) is 23.6 Å². The van der Waals surface area contributed by atoms with E-state index in [1.165, 1.54) is 0 Å².